The minimum absolute atomic E-state index is 0.771. The lowest BCUT2D eigenvalue weighted by atomic mass is 10.2. The van der Waals surface area contributed by atoms with Gasteiger partial charge in [-0.05, 0) is 11.6 Å². The van der Waals surface area contributed by atoms with E-state index in [2.05, 4.69) is 0 Å². The summed E-state index contributed by atoms with van der Waals surface area (Å²) >= 11 is 0. The van der Waals surface area contributed by atoms with Crippen molar-refractivity contribution < 1.29 is 4.79 Å². The molecule has 16 heavy (non-hydrogen) atoms. The number of benzene rings is 2. The van der Waals surface area contributed by atoms with Gasteiger partial charge in [-0.1, -0.05) is 72.8 Å². The van der Waals surface area contributed by atoms with Crippen LogP contribution in [0.2, 0.25) is 0 Å². The van der Waals surface area contributed by atoms with Crippen molar-refractivity contribution in [1.82, 2.24) is 0 Å². The zero-order valence-corrected chi connectivity index (χ0v) is 8.99. The van der Waals surface area contributed by atoms with Gasteiger partial charge < -0.3 is 0 Å². The predicted molar refractivity (Wildman–Crippen MR) is 68.0 cm³/mol. The molecule has 0 spiro atoms. The Morgan fingerprint density at radius 1 is 0.688 bits per heavy atom. The molecule has 1 nitrogen and oxygen atoms in total. The number of hydrogen-bond acceptors (Lipinski definition) is 1. The van der Waals surface area contributed by atoms with Crippen molar-refractivity contribution >= 4 is 12.4 Å². The van der Waals surface area contributed by atoms with Crippen molar-refractivity contribution in [3.63, 3.8) is 0 Å². The van der Waals surface area contributed by atoms with E-state index >= 15 is 0 Å². The van der Waals surface area contributed by atoms with Gasteiger partial charge in [0, 0.05) is 0 Å². The van der Waals surface area contributed by atoms with Crippen LogP contribution >= 0.6 is 0 Å². The summed E-state index contributed by atoms with van der Waals surface area (Å²) in [7, 11) is 0. The van der Waals surface area contributed by atoms with E-state index in [4.69, 9.17) is 0 Å². The minimum Gasteiger partial charge on any atom is -0.299 e. The van der Waals surface area contributed by atoms with E-state index in [-0.39, 0.29) is 0 Å². The van der Waals surface area contributed by atoms with E-state index in [1.807, 2.05) is 66.7 Å². The molecule has 0 radical (unpaired) electrons. The van der Waals surface area contributed by atoms with E-state index in [1.165, 1.54) is 6.08 Å². The molecule has 2 aromatic carbocycles. The van der Waals surface area contributed by atoms with Gasteiger partial charge in [-0.15, -0.1) is 0 Å². The normalized spacial score (nSPS) is 9.25. The molecule has 2 aromatic rings. The quantitative estimate of drug-likeness (QED) is 0.547. The monoisotopic (exact) mass is 210 g/mol. The van der Waals surface area contributed by atoms with E-state index < -0.39 is 0 Å². The first-order valence-corrected chi connectivity index (χ1v) is 5.10. The molecule has 0 aliphatic rings. The molecule has 0 unspecified atom stereocenters. The summed E-state index contributed by atoms with van der Waals surface area (Å²) in [4.78, 5) is 9.89. The number of rotatable bonds is 2. The largest absolute Gasteiger partial charge is 0.299 e. The molecule has 1 heteroatoms. The summed E-state index contributed by atoms with van der Waals surface area (Å²) in [5.41, 5.74) is 1.05. The summed E-state index contributed by atoms with van der Waals surface area (Å²) in [5, 5.41) is 0. The standard InChI is InChI=1S/C9H8O.C6H6/c10-8-4-7-9-5-2-1-3-6-9;1-2-4-6-5-3-1/h1-8H;1-6H. The zero-order valence-electron chi connectivity index (χ0n) is 8.99. The highest BCUT2D eigenvalue weighted by Crippen LogP contribution is 1.99. The highest BCUT2D eigenvalue weighted by atomic mass is 16.1. The lowest BCUT2D eigenvalue weighted by Crippen LogP contribution is -1.67. The van der Waals surface area contributed by atoms with Crippen LogP contribution < -0.4 is 0 Å². The second-order valence-electron chi connectivity index (χ2n) is 3.06. The molecular weight excluding hydrogens is 196 g/mol. The van der Waals surface area contributed by atoms with Crippen molar-refractivity contribution in [2.24, 2.45) is 0 Å². The molecule has 0 atom stereocenters. The van der Waals surface area contributed by atoms with Crippen molar-refractivity contribution in [3.05, 3.63) is 78.4 Å². The molecule has 0 aromatic heterocycles. The van der Waals surface area contributed by atoms with E-state index in [0.29, 0.717) is 0 Å². The lowest BCUT2D eigenvalue weighted by molar-refractivity contribution is -0.104. The Labute approximate surface area is 96.1 Å². The summed E-state index contributed by atoms with van der Waals surface area (Å²) < 4.78 is 0. The Bertz CT molecular complexity index is 377. The molecule has 0 bridgehead atoms. The molecule has 80 valence electrons. The van der Waals surface area contributed by atoms with Crippen LogP contribution in [0.15, 0.2) is 72.8 Å². The SMILES string of the molecule is O=CC=Cc1ccccc1.c1ccccc1. The molecular formula is C15H14O. The van der Waals surface area contributed by atoms with Crippen molar-refractivity contribution in [3.8, 4) is 0 Å². The Kier molecular flexibility index (Phi) is 6.10. The number of carbonyl (C=O) groups is 1. The van der Waals surface area contributed by atoms with Gasteiger partial charge in [0.25, 0.3) is 0 Å². The number of allylic oxidation sites excluding steroid dienone is 1. The number of hydrogen-bond donors (Lipinski definition) is 0. The van der Waals surface area contributed by atoms with Crippen LogP contribution in [0.1, 0.15) is 5.56 Å². The van der Waals surface area contributed by atoms with E-state index in [9.17, 15) is 4.79 Å². The van der Waals surface area contributed by atoms with Crippen LogP contribution in [-0.2, 0) is 4.79 Å². The molecule has 0 saturated carbocycles. The van der Waals surface area contributed by atoms with Crippen LogP contribution in [0.3, 0.4) is 0 Å². The predicted octanol–water partition coefficient (Wildman–Crippen LogP) is 3.59. The highest BCUT2D eigenvalue weighted by molar-refractivity contribution is 5.73. The first-order valence-electron chi connectivity index (χ1n) is 5.10. The van der Waals surface area contributed by atoms with Crippen LogP contribution in [0.4, 0.5) is 0 Å². The minimum atomic E-state index is 0.771. The van der Waals surface area contributed by atoms with Gasteiger partial charge in [-0.3, -0.25) is 4.79 Å². The first kappa shape index (κ1) is 11.9. The van der Waals surface area contributed by atoms with Crippen molar-refractivity contribution in [1.29, 1.82) is 0 Å². The van der Waals surface area contributed by atoms with Crippen LogP contribution in [-0.4, -0.2) is 6.29 Å². The molecule has 0 fully saturated rings. The summed E-state index contributed by atoms with van der Waals surface area (Å²) in [6.45, 7) is 0. The Balaban J connectivity index is 0.000000181. The molecule has 0 aliphatic carbocycles. The fraction of sp³-hybridized carbons (Fsp3) is 0. The second kappa shape index (κ2) is 8.18. The maximum Gasteiger partial charge on any atom is 0.142 e. The molecule has 0 amide bonds. The van der Waals surface area contributed by atoms with Crippen LogP contribution in [0.5, 0.6) is 0 Å². The van der Waals surface area contributed by atoms with Gasteiger partial charge in [-0.2, -0.15) is 0 Å². The summed E-state index contributed by atoms with van der Waals surface area (Å²) in [6.07, 6.45) is 4.02. The van der Waals surface area contributed by atoms with Gasteiger partial charge in [0.1, 0.15) is 6.29 Å². The third-order valence-electron chi connectivity index (χ3n) is 1.83. The van der Waals surface area contributed by atoms with E-state index in [0.717, 1.165) is 11.8 Å². The Morgan fingerprint density at radius 3 is 1.56 bits per heavy atom. The lowest BCUT2D eigenvalue weighted by Gasteiger charge is -1.86. The molecule has 0 aliphatic heterocycles. The average molecular weight is 210 g/mol. The topological polar surface area (TPSA) is 17.1 Å². The fourth-order valence-electron chi connectivity index (χ4n) is 1.10. The Morgan fingerprint density at radius 2 is 1.12 bits per heavy atom. The third kappa shape index (κ3) is 5.55. The third-order valence-corrected chi connectivity index (χ3v) is 1.83. The van der Waals surface area contributed by atoms with Crippen molar-refractivity contribution in [2.75, 3.05) is 0 Å². The Hall–Kier alpha value is -2.15. The van der Waals surface area contributed by atoms with Crippen molar-refractivity contribution in [2.45, 2.75) is 0 Å². The molecule has 0 saturated heterocycles. The second-order valence-corrected chi connectivity index (χ2v) is 3.06. The number of carbonyl (C=O) groups excluding carboxylic acids is 1. The zero-order chi connectivity index (χ0) is 11.5. The molecule has 0 N–H and O–H groups in total. The van der Waals surface area contributed by atoms with Crippen LogP contribution in [0.25, 0.3) is 6.08 Å². The van der Waals surface area contributed by atoms with E-state index in [1.54, 1.807) is 6.08 Å². The number of aldehydes is 1. The van der Waals surface area contributed by atoms with Gasteiger partial charge in [0.05, 0.1) is 0 Å². The smallest absolute Gasteiger partial charge is 0.142 e. The summed E-state index contributed by atoms with van der Waals surface area (Å²) in [5.74, 6) is 0. The van der Waals surface area contributed by atoms with Gasteiger partial charge in [0.2, 0.25) is 0 Å². The molecule has 0 heterocycles. The molecule has 2 rings (SSSR count). The van der Waals surface area contributed by atoms with Gasteiger partial charge in [0.15, 0.2) is 0 Å². The van der Waals surface area contributed by atoms with Gasteiger partial charge >= 0.3 is 0 Å². The maximum atomic E-state index is 9.89. The maximum absolute atomic E-state index is 9.89. The first-order chi connectivity index (χ1) is 7.93. The fourth-order valence-corrected chi connectivity index (χ4v) is 1.10. The average Bonchev–Trinajstić information content (AvgIpc) is 2.40. The van der Waals surface area contributed by atoms with Crippen LogP contribution in [0, 0.1) is 0 Å². The van der Waals surface area contributed by atoms with Gasteiger partial charge in [-0.25, -0.2) is 0 Å². The highest BCUT2D eigenvalue weighted by Gasteiger charge is 1.79. The summed E-state index contributed by atoms with van der Waals surface area (Å²) in [6, 6.07) is 21.7.